The van der Waals surface area contributed by atoms with Gasteiger partial charge in [-0.2, -0.15) is 0 Å². The number of rotatable bonds is 6. The molecular formula is C52H44BrClN4O3. The van der Waals surface area contributed by atoms with Crippen LogP contribution in [-0.4, -0.2) is 22.7 Å². The van der Waals surface area contributed by atoms with Crippen molar-refractivity contribution < 1.29 is 14.4 Å². The van der Waals surface area contributed by atoms with Crippen LogP contribution >= 0.6 is 27.5 Å². The molecule has 9 heteroatoms. The van der Waals surface area contributed by atoms with Crippen molar-refractivity contribution in [2.45, 2.75) is 39.5 Å². The Hall–Kier alpha value is -6.61. The fourth-order valence-electron chi connectivity index (χ4n) is 6.89. The molecule has 3 N–H and O–H groups in total. The van der Waals surface area contributed by atoms with Crippen LogP contribution in [-0.2, 0) is 12.8 Å². The van der Waals surface area contributed by atoms with E-state index in [1.54, 1.807) is 6.07 Å². The maximum absolute atomic E-state index is 12.3. The van der Waals surface area contributed by atoms with Crippen LogP contribution < -0.4 is 16.0 Å². The van der Waals surface area contributed by atoms with Gasteiger partial charge in [0.2, 0.25) is 0 Å². The maximum Gasteiger partial charge on any atom is 0.274 e. The van der Waals surface area contributed by atoms with E-state index in [4.69, 9.17) is 11.6 Å². The molecule has 0 aliphatic heterocycles. The number of hydrogen-bond donors (Lipinski definition) is 3. The van der Waals surface area contributed by atoms with Gasteiger partial charge in [0.1, 0.15) is 10.8 Å². The molecule has 9 rings (SSSR count). The molecule has 0 fully saturated rings. The molecule has 0 spiro atoms. The number of halogens is 2. The van der Waals surface area contributed by atoms with Crippen LogP contribution in [0.3, 0.4) is 0 Å². The van der Waals surface area contributed by atoms with Gasteiger partial charge in [0.05, 0.1) is 0 Å². The van der Waals surface area contributed by atoms with Gasteiger partial charge in [-0.3, -0.25) is 14.4 Å². The van der Waals surface area contributed by atoms with E-state index >= 15 is 0 Å². The molecule has 0 radical (unpaired) electrons. The van der Waals surface area contributed by atoms with Crippen molar-refractivity contribution in [2.24, 2.45) is 0 Å². The Bertz CT molecular complexity index is 2830. The van der Waals surface area contributed by atoms with Crippen LogP contribution in [0.1, 0.15) is 66.3 Å². The lowest BCUT2D eigenvalue weighted by Gasteiger charge is -2.16. The van der Waals surface area contributed by atoms with E-state index < -0.39 is 0 Å². The van der Waals surface area contributed by atoms with Gasteiger partial charge in [-0.05, 0) is 146 Å². The average Bonchev–Trinajstić information content (AvgIpc) is 3.28. The van der Waals surface area contributed by atoms with Gasteiger partial charge in [-0.1, -0.05) is 124 Å². The molecular weight excluding hydrogens is 844 g/mol. The maximum atomic E-state index is 12.3. The first-order valence-corrected chi connectivity index (χ1v) is 21.2. The molecule has 0 bridgehead atoms. The number of hydrogen-bond acceptors (Lipinski definition) is 4. The molecule has 61 heavy (non-hydrogen) atoms. The summed E-state index contributed by atoms with van der Waals surface area (Å²) in [5.41, 5.74) is 9.19. The van der Waals surface area contributed by atoms with Gasteiger partial charge >= 0.3 is 0 Å². The van der Waals surface area contributed by atoms with Crippen molar-refractivity contribution in [3.63, 3.8) is 0 Å². The summed E-state index contributed by atoms with van der Waals surface area (Å²) in [6.07, 6.45) is 4.74. The van der Waals surface area contributed by atoms with Crippen LogP contribution in [0.25, 0.3) is 21.5 Å². The molecule has 7 aromatic carbocycles. The first-order chi connectivity index (χ1) is 29.6. The largest absolute Gasteiger partial charge is 0.322 e. The van der Waals surface area contributed by atoms with Gasteiger partial charge in [-0.25, -0.2) is 4.98 Å². The molecule has 0 saturated carbocycles. The molecule has 3 amide bonds. The van der Waals surface area contributed by atoms with Crippen LogP contribution in [0.4, 0.5) is 17.1 Å². The highest BCUT2D eigenvalue weighted by Crippen LogP contribution is 2.25. The summed E-state index contributed by atoms with van der Waals surface area (Å²) in [7, 11) is 0. The molecule has 8 aromatic rings. The molecule has 0 saturated heterocycles. The second-order valence-electron chi connectivity index (χ2n) is 14.9. The topological polar surface area (TPSA) is 100 Å². The van der Waals surface area contributed by atoms with E-state index in [0.717, 1.165) is 55.8 Å². The van der Waals surface area contributed by atoms with Gasteiger partial charge < -0.3 is 16.0 Å². The average molecular weight is 888 g/mol. The van der Waals surface area contributed by atoms with Crippen molar-refractivity contribution in [2.75, 3.05) is 16.0 Å². The minimum atomic E-state index is -0.287. The Morgan fingerprint density at radius 3 is 1.62 bits per heavy atom. The highest BCUT2D eigenvalue weighted by molar-refractivity contribution is 9.10. The van der Waals surface area contributed by atoms with Gasteiger partial charge in [-0.15, -0.1) is 0 Å². The molecule has 304 valence electrons. The smallest absolute Gasteiger partial charge is 0.274 e. The number of nitrogens with one attached hydrogen (secondary N) is 3. The number of aryl methyl sites for hydroxylation is 4. The Kier molecular flexibility index (Phi) is 14.0. The predicted molar refractivity (Wildman–Crippen MR) is 254 cm³/mol. The lowest BCUT2D eigenvalue weighted by Crippen LogP contribution is -2.13. The summed E-state index contributed by atoms with van der Waals surface area (Å²) in [4.78, 5) is 40.9. The van der Waals surface area contributed by atoms with Gasteiger partial charge in [0.25, 0.3) is 17.7 Å². The Labute approximate surface area is 369 Å². The number of anilines is 3. The number of fused-ring (bicyclic) bond motifs is 3. The first-order valence-electron chi connectivity index (χ1n) is 20.1. The number of nitrogens with zero attached hydrogens (tertiary/aromatic N) is 1. The molecule has 1 aliphatic carbocycles. The predicted octanol–water partition coefficient (Wildman–Crippen LogP) is 13.4. The molecule has 7 nitrogen and oxygen atoms in total. The van der Waals surface area contributed by atoms with E-state index in [9.17, 15) is 14.4 Å². The van der Waals surface area contributed by atoms with Crippen molar-refractivity contribution in [3.8, 4) is 0 Å². The fraction of sp³-hybridized carbons (Fsp3) is 0.115. The number of aromatic nitrogens is 1. The minimum Gasteiger partial charge on any atom is -0.322 e. The van der Waals surface area contributed by atoms with E-state index in [-0.39, 0.29) is 17.7 Å². The van der Waals surface area contributed by atoms with Gasteiger partial charge in [0, 0.05) is 38.0 Å². The molecule has 0 unspecified atom stereocenters. The number of amides is 3. The summed E-state index contributed by atoms with van der Waals surface area (Å²) in [6.45, 7) is 4.06. The normalized spacial score (nSPS) is 11.5. The molecule has 1 aliphatic rings. The third-order valence-corrected chi connectivity index (χ3v) is 11.1. The molecule has 0 atom stereocenters. The van der Waals surface area contributed by atoms with Crippen LogP contribution in [0.5, 0.6) is 0 Å². The SMILES string of the molecule is Cc1ccc(NC(=O)c2ccc3c(c2)CCCC3)cc1.Cc1ccc(NC(=O)c2ccc3ccccc3c2)cc1.O=C(Nc1ccc(Br)cc1)c1cc2ccccc2c(Cl)n1. The first kappa shape index (κ1) is 42.5. The summed E-state index contributed by atoms with van der Waals surface area (Å²) in [5.74, 6) is -0.396. The zero-order chi connectivity index (χ0) is 42.7. The summed E-state index contributed by atoms with van der Waals surface area (Å²) >= 11 is 9.48. The molecule has 1 heterocycles. The highest BCUT2D eigenvalue weighted by Gasteiger charge is 2.14. The third kappa shape index (κ3) is 11.6. The lowest BCUT2D eigenvalue weighted by molar-refractivity contribution is 0.101. The Morgan fingerprint density at radius 1 is 0.508 bits per heavy atom. The summed E-state index contributed by atoms with van der Waals surface area (Å²) < 4.78 is 0.951. The van der Waals surface area contributed by atoms with Crippen LogP contribution in [0.2, 0.25) is 5.15 Å². The van der Waals surface area contributed by atoms with Crippen molar-refractivity contribution >= 4 is 83.9 Å². The van der Waals surface area contributed by atoms with E-state index in [2.05, 4.69) is 49.0 Å². The summed E-state index contributed by atoms with van der Waals surface area (Å²) in [5, 5.41) is 12.9. The monoisotopic (exact) mass is 886 g/mol. The molecule has 1 aromatic heterocycles. The number of carbonyl (C=O) groups is 3. The van der Waals surface area contributed by atoms with E-state index in [1.165, 1.54) is 35.1 Å². The van der Waals surface area contributed by atoms with E-state index in [1.807, 2.05) is 159 Å². The number of carbonyl (C=O) groups excluding carboxylic acids is 3. The van der Waals surface area contributed by atoms with Crippen LogP contribution in [0, 0.1) is 13.8 Å². The minimum absolute atomic E-state index is 0.0257. The zero-order valence-corrected chi connectivity index (χ0v) is 36.2. The van der Waals surface area contributed by atoms with E-state index in [0.29, 0.717) is 22.1 Å². The highest BCUT2D eigenvalue weighted by atomic mass is 79.9. The Morgan fingerprint density at radius 2 is 1.00 bits per heavy atom. The van der Waals surface area contributed by atoms with Crippen molar-refractivity contribution in [1.29, 1.82) is 0 Å². The lowest BCUT2D eigenvalue weighted by atomic mass is 9.90. The van der Waals surface area contributed by atoms with Crippen LogP contribution in [0.15, 0.2) is 168 Å². The van der Waals surface area contributed by atoms with Crippen molar-refractivity contribution in [3.05, 3.63) is 212 Å². The van der Waals surface area contributed by atoms with Crippen molar-refractivity contribution in [1.82, 2.24) is 4.98 Å². The number of benzene rings is 7. The standard InChI is InChI=1S/C18H19NO.C18H15NO.C16H10BrClN2O/c2*1-13-6-10-17(11-7-13)19-18(20)16-9-8-14-4-2-3-5-15(14)12-16;17-11-5-7-12(8-6-11)19-16(21)14-9-10-3-1-2-4-13(10)15(18)20-14/h6-12H,2-5H2,1H3,(H,19,20);2-12H,1H3,(H,19,20);1-9H,(H,19,21). The van der Waals surface area contributed by atoms with Gasteiger partial charge in [0.15, 0.2) is 0 Å². The fourth-order valence-corrected chi connectivity index (χ4v) is 7.41. The second-order valence-corrected chi connectivity index (χ2v) is 16.1. The Balaban J connectivity index is 0.000000138. The second kappa shape index (κ2) is 20.1. The number of pyridine rings is 1. The quantitative estimate of drug-likeness (QED) is 0.145. The zero-order valence-electron chi connectivity index (χ0n) is 33.8. The summed E-state index contributed by atoms with van der Waals surface area (Å²) in [6, 6.07) is 52.2. The third-order valence-electron chi connectivity index (χ3n) is 10.3.